The van der Waals surface area contributed by atoms with Crippen molar-refractivity contribution >= 4 is 17.5 Å². The average molecular weight is 263 g/mol. The second kappa shape index (κ2) is 4.76. The first-order valence-corrected chi connectivity index (χ1v) is 6.37. The SMILES string of the molecule is O=C1CCCc2cn(CCSC(F)(F)F)cc21. The summed E-state index contributed by atoms with van der Waals surface area (Å²) in [7, 11) is 0. The molecule has 94 valence electrons. The lowest BCUT2D eigenvalue weighted by molar-refractivity contribution is -0.0328. The van der Waals surface area contributed by atoms with Crippen LogP contribution in [0.15, 0.2) is 12.4 Å². The van der Waals surface area contributed by atoms with Crippen LogP contribution in [-0.2, 0) is 13.0 Å². The van der Waals surface area contributed by atoms with Gasteiger partial charge in [0.15, 0.2) is 5.78 Å². The van der Waals surface area contributed by atoms with E-state index in [-0.39, 0.29) is 29.8 Å². The summed E-state index contributed by atoms with van der Waals surface area (Å²) in [6.07, 6.45) is 5.71. The van der Waals surface area contributed by atoms with Gasteiger partial charge >= 0.3 is 5.51 Å². The van der Waals surface area contributed by atoms with Gasteiger partial charge in [0.1, 0.15) is 0 Å². The molecule has 2 nitrogen and oxygen atoms in total. The highest BCUT2D eigenvalue weighted by Crippen LogP contribution is 2.30. The first-order chi connectivity index (χ1) is 7.96. The number of fused-ring (bicyclic) bond motifs is 1. The van der Waals surface area contributed by atoms with E-state index in [2.05, 4.69) is 0 Å². The van der Waals surface area contributed by atoms with Gasteiger partial charge in [-0.2, -0.15) is 13.2 Å². The number of halogens is 3. The van der Waals surface area contributed by atoms with E-state index in [0.29, 0.717) is 12.0 Å². The van der Waals surface area contributed by atoms with Crippen LogP contribution in [0.4, 0.5) is 13.2 Å². The maximum atomic E-state index is 11.9. The molecule has 1 heterocycles. The van der Waals surface area contributed by atoms with Gasteiger partial charge in [-0.1, -0.05) is 0 Å². The fourth-order valence-corrected chi connectivity index (χ4v) is 2.51. The zero-order valence-electron chi connectivity index (χ0n) is 9.09. The first-order valence-electron chi connectivity index (χ1n) is 5.38. The molecule has 1 aromatic rings. The Morgan fingerprint density at radius 3 is 2.71 bits per heavy atom. The Labute approximate surface area is 101 Å². The molecule has 0 aromatic carbocycles. The molecule has 1 aliphatic carbocycles. The number of hydrogen-bond acceptors (Lipinski definition) is 2. The summed E-state index contributed by atoms with van der Waals surface area (Å²) in [5.74, 6) is 0.0825. The number of rotatable bonds is 3. The van der Waals surface area contributed by atoms with E-state index in [1.54, 1.807) is 17.0 Å². The van der Waals surface area contributed by atoms with Crippen LogP contribution in [0.2, 0.25) is 0 Å². The lowest BCUT2D eigenvalue weighted by atomic mass is 9.95. The molecule has 17 heavy (non-hydrogen) atoms. The van der Waals surface area contributed by atoms with Crippen molar-refractivity contribution in [3.05, 3.63) is 23.5 Å². The molecule has 0 aliphatic heterocycles. The Morgan fingerprint density at radius 2 is 2.06 bits per heavy atom. The van der Waals surface area contributed by atoms with Crippen LogP contribution in [0, 0.1) is 0 Å². The Kier molecular flexibility index (Phi) is 3.51. The quantitative estimate of drug-likeness (QED) is 0.835. The van der Waals surface area contributed by atoms with Gasteiger partial charge in [0.2, 0.25) is 0 Å². The summed E-state index contributed by atoms with van der Waals surface area (Å²) in [6.45, 7) is 0.282. The molecule has 0 N–H and O–H groups in total. The van der Waals surface area contributed by atoms with Crippen molar-refractivity contribution in [2.45, 2.75) is 31.3 Å². The number of carbonyl (C=O) groups is 1. The van der Waals surface area contributed by atoms with Crippen molar-refractivity contribution in [1.82, 2.24) is 4.57 Å². The van der Waals surface area contributed by atoms with Gasteiger partial charge in [-0.3, -0.25) is 4.79 Å². The predicted molar refractivity (Wildman–Crippen MR) is 60.2 cm³/mol. The molecule has 0 radical (unpaired) electrons. The van der Waals surface area contributed by atoms with Crippen LogP contribution in [0.5, 0.6) is 0 Å². The maximum absolute atomic E-state index is 11.9. The van der Waals surface area contributed by atoms with Crippen molar-refractivity contribution in [3.63, 3.8) is 0 Å². The average Bonchev–Trinajstić information content (AvgIpc) is 2.60. The minimum absolute atomic E-state index is 0.0226. The predicted octanol–water partition coefficient (Wildman–Crippen LogP) is 3.26. The van der Waals surface area contributed by atoms with Gasteiger partial charge < -0.3 is 4.57 Å². The second-order valence-electron chi connectivity index (χ2n) is 4.01. The highest BCUT2D eigenvalue weighted by molar-refractivity contribution is 8.00. The van der Waals surface area contributed by atoms with Crippen LogP contribution in [0.25, 0.3) is 0 Å². The van der Waals surface area contributed by atoms with Gasteiger partial charge in [-0.25, -0.2) is 0 Å². The largest absolute Gasteiger partial charge is 0.441 e. The maximum Gasteiger partial charge on any atom is 0.441 e. The third kappa shape index (κ3) is 3.28. The number of thioether (sulfide) groups is 1. The first kappa shape index (κ1) is 12.5. The molecule has 0 spiro atoms. The Hall–Kier alpha value is -0.910. The van der Waals surface area contributed by atoms with Crippen molar-refractivity contribution in [1.29, 1.82) is 0 Å². The second-order valence-corrected chi connectivity index (χ2v) is 5.17. The molecule has 6 heteroatoms. The molecule has 1 aromatic heterocycles. The standard InChI is InChI=1S/C11H12F3NOS/c12-11(13,14)17-5-4-15-6-8-2-1-3-10(16)9(8)7-15/h6-7H,1-5H2. The summed E-state index contributed by atoms with van der Waals surface area (Å²) in [5.41, 5.74) is -2.52. The molecule has 0 saturated carbocycles. The van der Waals surface area contributed by atoms with E-state index in [9.17, 15) is 18.0 Å². The smallest absolute Gasteiger partial charge is 0.352 e. The lowest BCUT2D eigenvalue weighted by Crippen LogP contribution is -2.07. The fraction of sp³-hybridized carbons (Fsp3) is 0.545. The van der Waals surface area contributed by atoms with Crippen molar-refractivity contribution in [3.8, 4) is 0 Å². The van der Waals surface area contributed by atoms with E-state index in [4.69, 9.17) is 0 Å². The van der Waals surface area contributed by atoms with Crippen LogP contribution in [0.3, 0.4) is 0 Å². The molecule has 0 unspecified atom stereocenters. The zero-order chi connectivity index (χ0) is 12.5. The number of aromatic nitrogens is 1. The molecule has 0 fully saturated rings. The van der Waals surface area contributed by atoms with Gasteiger partial charge in [0.25, 0.3) is 0 Å². The number of hydrogen-bond donors (Lipinski definition) is 0. The van der Waals surface area contributed by atoms with E-state index >= 15 is 0 Å². The highest BCUT2D eigenvalue weighted by atomic mass is 32.2. The van der Waals surface area contributed by atoms with Gasteiger partial charge in [-0.05, 0) is 30.2 Å². The zero-order valence-corrected chi connectivity index (χ0v) is 9.90. The Balaban J connectivity index is 1.97. The van der Waals surface area contributed by atoms with Gasteiger partial charge in [0.05, 0.1) is 0 Å². The van der Waals surface area contributed by atoms with Crippen molar-refractivity contribution in [2.24, 2.45) is 0 Å². The van der Waals surface area contributed by atoms with Crippen molar-refractivity contribution < 1.29 is 18.0 Å². The Morgan fingerprint density at radius 1 is 1.29 bits per heavy atom. The highest BCUT2D eigenvalue weighted by Gasteiger charge is 2.27. The number of ketones is 1. The van der Waals surface area contributed by atoms with Gasteiger partial charge in [0, 0.05) is 36.7 Å². The molecule has 1 aliphatic rings. The van der Waals surface area contributed by atoms with Crippen LogP contribution in [0.1, 0.15) is 28.8 Å². The molecule has 0 saturated heterocycles. The number of carbonyl (C=O) groups excluding carboxylic acids is 1. The summed E-state index contributed by atoms with van der Waals surface area (Å²) in [4.78, 5) is 11.5. The molecule has 0 atom stereocenters. The normalized spacial score (nSPS) is 16.1. The minimum Gasteiger partial charge on any atom is -0.352 e. The third-order valence-electron chi connectivity index (χ3n) is 2.73. The van der Waals surface area contributed by atoms with Crippen LogP contribution < -0.4 is 0 Å². The Bertz CT molecular complexity index is 425. The number of aryl methyl sites for hydroxylation is 2. The monoisotopic (exact) mass is 263 g/mol. The number of nitrogens with zero attached hydrogens (tertiary/aromatic N) is 1. The molecule has 0 bridgehead atoms. The third-order valence-corrected chi connectivity index (χ3v) is 3.44. The molecule has 0 amide bonds. The van der Waals surface area contributed by atoms with Crippen molar-refractivity contribution in [2.75, 3.05) is 5.75 Å². The lowest BCUT2D eigenvalue weighted by Gasteiger charge is -2.07. The molecular formula is C11H12F3NOS. The summed E-state index contributed by atoms with van der Waals surface area (Å²) >= 11 is -0.0306. The van der Waals surface area contributed by atoms with E-state index in [1.807, 2.05) is 0 Å². The van der Waals surface area contributed by atoms with Crippen LogP contribution in [-0.4, -0.2) is 21.6 Å². The molecule has 2 rings (SSSR count). The van der Waals surface area contributed by atoms with E-state index in [0.717, 1.165) is 18.4 Å². The molecular weight excluding hydrogens is 251 g/mol. The topological polar surface area (TPSA) is 22.0 Å². The fourth-order valence-electron chi connectivity index (χ4n) is 1.98. The van der Waals surface area contributed by atoms with Crippen LogP contribution >= 0.6 is 11.8 Å². The van der Waals surface area contributed by atoms with E-state index in [1.165, 1.54) is 0 Å². The summed E-state index contributed by atoms with van der Waals surface area (Å²) in [6, 6.07) is 0. The number of Topliss-reactive ketones (excluding diaryl/α,β-unsaturated/α-hetero) is 1. The van der Waals surface area contributed by atoms with E-state index < -0.39 is 5.51 Å². The van der Waals surface area contributed by atoms with Gasteiger partial charge in [-0.15, -0.1) is 0 Å². The summed E-state index contributed by atoms with van der Waals surface area (Å²) in [5, 5.41) is 0. The minimum atomic E-state index is -4.18. The summed E-state index contributed by atoms with van der Waals surface area (Å²) < 4.78 is 37.5. The number of alkyl halides is 3.